The molecule has 0 aliphatic carbocycles. The van der Waals surface area contributed by atoms with Gasteiger partial charge in [-0.15, -0.1) is 0 Å². The zero-order chi connectivity index (χ0) is 27.2. The number of rotatable bonds is 9. The van der Waals surface area contributed by atoms with Crippen molar-refractivity contribution in [3.05, 3.63) is 83.9 Å². The Morgan fingerprint density at radius 2 is 1.53 bits per heavy atom. The van der Waals surface area contributed by atoms with Crippen LogP contribution in [0.2, 0.25) is 0 Å². The highest BCUT2D eigenvalue weighted by molar-refractivity contribution is 6.22. The van der Waals surface area contributed by atoms with E-state index in [0.717, 1.165) is 10.5 Å². The summed E-state index contributed by atoms with van der Waals surface area (Å²) in [7, 11) is 4.32. The van der Waals surface area contributed by atoms with E-state index in [4.69, 9.17) is 9.47 Å². The monoisotopic (exact) mass is 517 g/mol. The second kappa shape index (κ2) is 11.5. The Kier molecular flexibility index (Phi) is 7.91. The van der Waals surface area contributed by atoms with E-state index in [2.05, 4.69) is 10.1 Å². The molecule has 1 N–H and O–H groups in total. The number of esters is 1. The summed E-state index contributed by atoms with van der Waals surface area (Å²) < 4.78 is 15.2. The minimum atomic E-state index is -1.05. The summed E-state index contributed by atoms with van der Waals surface area (Å²) in [5.41, 5.74) is 1.85. The van der Waals surface area contributed by atoms with Crippen molar-refractivity contribution in [3.8, 4) is 11.5 Å². The topological polar surface area (TPSA) is 114 Å². The first-order chi connectivity index (χ1) is 18.3. The zero-order valence-electron chi connectivity index (χ0n) is 21.2. The van der Waals surface area contributed by atoms with Crippen LogP contribution < -0.4 is 19.7 Å². The van der Waals surface area contributed by atoms with Crippen LogP contribution in [0.3, 0.4) is 0 Å². The van der Waals surface area contributed by atoms with Crippen LogP contribution in [0.1, 0.15) is 22.3 Å². The molecular formula is C28H27N3O7. The van der Waals surface area contributed by atoms with Gasteiger partial charge >= 0.3 is 12.0 Å². The highest BCUT2D eigenvalue weighted by Gasteiger charge is 2.46. The predicted octanol–water partition coefficient (Wildman–Crippen LogP) is 3.86. The van der Waals surface area contributed by atoms with E-state index in [-0.39, 0.29) is 13.0 Å². The van der Waals surface area contributed by atoms with Gasteiger partial charge in [0.1, 0.15) is 17.5 Å². The van der Waals surface area contributed by atoms with Crippen molar-refractivity contribution in [2.24, 2.45) is 0 Å². The third-order valence-corrected chi connectivity index (χ3v) is 6.09. The minimum Gasteiger partial charge on any atom is -0.497 e. The number of amides is 4. The van der Waals surface area contributed by atoms with E-state index in [1.54, 1.807) is 61.7 Å². The normalized spacial score (nSPS) is 14.9. The molecule has 1 heterocycles. The summed E-state index contributed by atoms with van der Waals surface area (Å²) in [4.78, 5) is 54.2. The lowest BCUT2D eigenvalue weighted by Crippen LogP contribution is -2.37. The SMILES string of the molecule is COC(=O)c1ccc(NC(=O)C[C@H]2C(=O)N(c3cccc(OC)c3)C(=O)N2Cc2cccc(OC)c2)cc1. The van der Waals surface area contributed by atoms with Crippen LogP contribution in [0.5, 0.6) is 11.5 Å². The Morgan fingerprint density at radius 3 is 2.18 bits per heavy atom. The fraction of sp³-hybridized carbons (Fsp3) is 0.214. The summed E-state index contributed by atoms with van der Waals surface area (Å²) in [6.07, 6.45) is -0.270. The van der Waals surface area contributed by atoms with Crippen LogP contribution in [0.4, 0.5) is 16.2 Å². The molecule has 4 rings (SSSR count). The van der Waals surface area contributed by atoms with Gasteiger partial charge in [0.25, 0.3) is 5.91 Å². The average Bonchev–Trinajstić information content (AvgIpc) is 3.16. The molecule has 3 aromatic rings. The van der Waals surface area contributed by atoms with Crippen molar-refractivity contribution in [1.82, 2.24) is 4.90 Å². The van der Waals surface area contributed by atoms with Crippen molar-refractivity contribution < 1.29 is 33.4 Å². The van der Waals surface area contributed by atoms with Gasteiger partial charge in [0, 0.05) is 18.3 Å². The zero-order valence-corrected chi connectivity index (χ0v) is 21.2. The Bertz CT molecular complexity index is 1360. The number of hydrogen-bond acceptors (Lipinski definition) is 7. The number of imide groups is 1. The molecule has 1 saturated heterocycles. The number of hydrogen-bond donors (Lipinski definition) is 1. The van der Waals surface area contributed by atoms with Gasteiger partial charge in [-0.1, -0.05) is 18.2 Å². The molecule has 0 radical (unpaired) electrons. The first-order valence-electron chi connectivity index (χ1n) is 11.7. The number of anilines is 2. The molecule has 38 heavy (non-hydrogen) atoms. The van der Waals surface area contributed by atoms with Crippen molar-refractivity contribution in [3.63, 3.8) is 0 Å². The maximum absolute atomic E-state index is 13.5. The third kappa shape index (κ3) is 5.59. The van der Waals surface area contributed by atoms with Gasteiger partial charge in [0.2, 0.25) is 5.91 Å². The average molecular weight is 518 g/mol. The van der Waals surface area contributed by atoms with Crippen LogP contribution in [0.15, 0.2) is 72.8 Å². The van der Waals surface area contributed by atoms with Crippen molar-refractivity contribution in [1.29, 1.82) is 0 Å². The van der Waals surface area contributed by atoms with Crippen molar-refractivity contribution in [2.75, 3.05) is 31.5 Å². The number of nitrogens with one attached hydrogen (secondary N) is 1. The molecule has 10 nitrogen and oxygen atoms in total. The van der Waals surface area contributed by atoms with E-state index in [9.17, 15) is 19.2 Å². The molecule has 0 spiro atoms. The van der Waals surface area contributed by atoms with Crippen LogP contribution in [0, 0.1) is 0 Å². The molecule has 1 aliphatic heterocycles. The molecule has 4 amide bonds. The second-order valence-electron chi connectivity index (χ2n) is 8.47. The smallest absolute Gasteiger partial charge is 0.337 e. The van der Waals surface area contributed by atoms with Crippen LogP contribution in [-0.4, -0.2) is 56.1 Å². The predicted molar refractivity (Wildman–Crippen MR) is 139 cm³/mol. The summed E-state index contributed by atoms with van der Waals surface area (Å²) in [5.74, 6) is -0.398. The first kappa shape index (κ1) is 26.2. The van der Waals surface area contributed by atoms with E-state index >= 15 is 0 Å². The fourth-order valence-corrected chi connectivity index (χ4v) is 4.16. The van der Waals surface area contributed by atoms with Gasteiger partial charge in [-0.3, -0.25) is 9.59 Å². The van der Waals surface area contributed by atoms with Gasteiger partial charge in [0.05, 0.1) is 39.0 Å². The molecule has 0 bridgehead atoms. The number of benzene rings is 3. The Labute approximate surface area is 219 Å². The quantitative estimate of drug-likeness (QED) is 0.339. The molecule has 0 aromatic heterocycles. The van der Waals surface area contributed by atoms with Crippen LogP contribution in [0.25, 0.3) is 0 Å². The molecule has 0 unspecified atom stereocenters. The first-order valence-corrected chi connectivity index (χ1v) is 11.7. The molecule has 0 saturated carbocycles. The highest BCUT2D eigenvalue weighted by atomic mass is 16.5. The largest absolute Gasteiger partial charge is 0.497 e. The number of carbonyl (C=O) groups is 4. The van der Waals surface area contributed by atoms with E-state index in [1.165, 1.54) is 31.3 Å². The van der Waals surface area contributed by atoms with Crippen molar-refractivity contribution in [2.45, 2.75) is 19.0 Å². The van der Waals surface area contributed by atoms with Crippen LogP contribution >= 0.6 is 0 Å². The van der Waals surface area contributed by atoms with Crippen molar-refractivity contribution >= 4 is 35.2 Å². The summed E-state index contributed by atoms with van der Waals surface area (Å²) >= 11 is 0. The molecule has 10 heteroatoms. The van der Waals surface area contributed by atoms with Gasteiger partial charge < -0.3 is 24.4 Å². The maximum Gasteiger partial charge on any atom is 0.337 e. The molecule has 196 valence electrons. The number of methoxy groups -OCH3 is 3. The van der Waals surface area contributed by atoms with Gasteiger partial charge in [0.15, 0.2) is 0 Å². The lowest BCUT2D eigenvalue weighted by Gasteiger charge is -2.22. The minimum absolute atomic E-state index is 0.0913. The van der Waals surface area contributed by atoms with E-state index in [1.807, 2.05) is 6.07 Å². The number of ether oxygens (including phenoxy) is 3. The highest BCUT2D eigenvalue weighted by Crippen LogP contribution is 2.31. The standard InChI is InChI=1S/C28H27N3O7/c1-36-22-8-4-6-18(14-22)17-30-24(16-25(32)29-20-12-10-19(11-13-20)27(34)38-3)26(33)31(28(30)35)21-7-5-9-23(15-21)37-2/h4-15,24H,16-17H2,1-3H3,(H,29,32)/t24-/m0/s1. The van der Waals surface area contributed by atoms with Gasteiger partial charge in [-0.05, 0) is 54.1 Å². The van der Waals surface area contributed by atoms with E-state index < -0.39 is 29.9 Å². The number of nitrogens with zero attached hydrogens (tertiary/aromatic N) is 2. The molecule has 1 fully saturated rings. The maximum atomic E-state index is 13.5. The summed E-state index contributed by atoms with van der Waals surface area (Å²) in [6.45, 7) is 0.0913. The Hall–Kier alpha value is -4.86. The van der Waals surface area contributed by atoms with E-state index in [0.29, 0.717) is 28.4 Å². The lowest BCUT2D eigenvalue weighted by atomic mass is 10.1. The third-order valence-electron chi connectivity index (χ3n) is 6.09. The summed E-state index contributed by atoms with van der Waals surface area (Å²) in [5, 5.41) is 2.72. The molecule has 3 aromatic carbocycles. The molecule has 1 atom stereocenters. The van der Waals surface area contributed by atoms with Crippen LogP contribution in [-0.2, 0) is 20.9 Å². The number of urea groups is 1. The number of carbonyl (C=O) groups excluding carboxylic acids is 4. The fourth-order valence-electron chi connectivity index (χ4n) is 4.16. The Balaban J connectivity index is 1.59. The summed E-state index contributed by atoms with van der Waals surface area (Å²) in [6, 6.07) is 18.3. The van der Waals surface area contributed by atoms with Gasteiger partial charge in [-0.25, -0.2) is 14.5 Å². The Morgan fingerprint density at radius 1 is 0.868 bits per heavy atom. The molecular weight excluding hydrogens is 490 g/mol. The molecule has 1 aliphatic rings. The lowest BCUT2D eigenvalue weighted by molar-refractivity contribution is -0.124. The van der Waals surface area contributed by atoms with Gasteiger partial charge in [-0.2, -0.15) is 0 Å². The second-order valence-corrected chi connectivity index (χ2v) is 8.47.